The highest BCUT2D eigenvalue weighted by Gasteiger charge is 2.24. The van der Waals surface area contributed by atoms with Crippen molar-refractivity contribution in [2.75, 3.05) is 53.9 Å². The molecule has 0 unspecified atom stereocenters. The van der Waals surface area contributed by atoms with E-state index in [1.165, 1.54) is 5.56 Å². The maximum atomic E-state index is 11.9. The lowest BCUT2D eigenvalue weighted by atomic mass is 9.84. The fraction of sp³-hybridized carbons (Fsp3) is 0.652. The molecule has 1 heterocycles. The van der Waals surface area contributed by atoms with Crippen molar-refractivity contribution in [1.29, 1.82) is 0 Å². The second-order valence-corrected chi connectivity index (χ2v) is 8.79. The maximum absolute atomic E-state index is 11.9. The summed E-state index contributed by atoms with van der Waals surface area (Å²) in [5.41, 5.74) is 1.10. The summed E-state index contributed by atoms with van der Waals surface area (Å²) in [7, 11) is 5.31. The van der Waals surface area contributed by atoms with Gasteiger partial charge in [-0.3, -0.25) is 14.7 Å². The fourth-order valence-electron chi connectivity index (χ4n) is 3.49. The Morgan fingerprint density at radius 3 is 2.60 bits per heavy atom. The van der Waals surface area contributed by atoms with Gasteiger partial charge in [0.1, 0.15) is 5.75 Å². The smallest absolute Gasteiger partial charge is 0.236 e. The molecule has 1 fully saturated rings. The Morgan fingerprint density at radius 2 is 2.00 bits per heavy atom. The summed E-state index contributed by atoms with van der Waals surface area (Å²) < 4.78 is 5.37. The van der Waals surface area contributed by atoms with Crippen LogP contribution in [-0.4, -0.2) is 81.6 Å². The molecule has 1 saturated heterocycles. The van der Waals surface area contributed by atoms with Crippen molar-refractivity contribution >= 4 is 11.9 Å². The van der Waals surface area contributed by atoms with Gasteiger partial charge in [0.25, 0.3) is 0 Å². The number of carbonyl (C=O) groups is 1. The summed E-state index contributed by atoms with van der Waals surface area (Å²) in [6, 6.07) is 8.57. The highest BCUT2D eigenvalue weighted by atomic mass is 16.5. The molecule has 7 heteroatoms. The van der Waals surface area contributed by atoms with Crippen LogP contribution < -0.4 is 15.4 Å². The van der Waals surface area contributed by atoms with Gasteiger partial charge in [0.15, 0.2) is 5.96 Å². The number of likely N-dealkylation sites (N-methyl/N-ethyl adjacent to an activating group) is 1. The second-order valence-electron chi connectivity index (χ2n) is 8.79. The van der Waals surface area contributed by atoms with Crippen LogP contribution in [0.5, 0.6) is 5.75 Å². The van der Waals surface area contributed by atoms with Crippen LogP contribution in [0.15, 0.2) is 29.3 Å². The van der Waals surface area contributed by atoms with Crippen LogP contribution >= 0.6 is 0 Å². The van der Waals surface area contributed by atoms with E-state index in [2.05, 4.69) is 48.4 Å². The van der Waals surface area contributed by atoms with Gasteiger partial charge >= 0.3 is 0 Å². The van der Waals surface area contributed by atoms with Crippen LogP contribution in [0.3, 0.4) is 0 Å². The van der Waals surface area contributed by atoms with Gasteiger partial charge < -0.3 is 20.3 Å². The Bertz CT molecular complexity index is 709. The molecule has 0 aromatic heterocycles. The summed E-state index contributed by atoms with van der Waals surface area (Å²) in [5.74, 6) is 1.89. The van der Waals surface area contributed by atoms with Gasteiger partial charge in [-0.15, -0.1) is 0 Å². The molecule has 0 spiro atoms. The van der Waals surface area contributed by atoms with E-state index in [0.29, 0.717) is 19.1 Å². The van der Waals surface area contributed by atoms with Gasteiger partial charge in [0.05, 0.1) is 20.2 Å². The van der Waals surface area contributed by atoms with Gasteiger partial charge in [-0.2, -0.15) is 0 Å². The fourth-order valence-corrected chi connectivity index (χ4v) is 3.49. The number of likely N-dealkylation sites (tertiary alicyclic amines) is 1. The van der Waals surface area contributed by atoms with E-state index in [1.807, 2.05) is 26.2 Å². The number of carbonyl (C=O) groups excluding carboxylic acids is 1. The summed E-state index contributed by atoms with van der Waals surface area (Å²) >= 11 is 0. The Balaban J connectivity index is 1.94. The van der Waals surface area contributed by atoms with E-state index in [1.54, 1.807) is 12.0 Å². The summed E-state index contributed by atoms with van der Waals surface area (Å²) in [6.07, 6.45) is 2.01. The molecule has 1 aliphatic rings. The number of guanidine groups is 1. The van der Waals surface area contributed by atoms with Gasteiger partial charge in [-0.05, 0) is 37.5 Å². The Hall–Kier alpha value is -2.28. The third kappa shape index (κ3) is 7.20. The first-order valence-electron chi connectivity index (χ1n) is 10.9. The third-order valence-electron chi connectivity index (χ3n) is 5.61. The molecule has 0 atom stereocenters. The van der Waals surface area contributed by atoms with Crippen LogP contribution in [0.4, 0.5) is 0 Å². The maximum Gasteiger partial charge on any atom is 0.236 e. The first-order valence-corrected chi connectivity index (χ1v) is 10.9. The zero-order valence-electron chi connectivity index (χ0n) is 19.5. The van der Waals surface area contributed by atoms with E-state index in [4.69, 9.17) is 9.73 Å². The van der Waals surface area contributed by atoms with E-state index in [-0.39, 0.29) is 11.3 Å². The van der Waals surface area contributed by atoms with Crippen molar-refractivity contribution in [3.05, 3.63) is 29.8 Å². The van der Waals surface area contributed by atoms with Gasteiger partial charge in [-0.1, -0.05) is 26.0 Å². The molecule has 30 heavy (non-hydrogen) atoms. The van der Waals surface area contributed by atoms with Crippen molar-refractivity contribution < 1.29 is 9.53 Å². The van der Waals surface area contributed by atoms with E-state index < -0.39 is 0 Å². The molecule has 1 amide bonds. The number of nitrogens with one attached hydrogen (secondary N) is 2. The molecule has 0 bridgehead atoms. The second kappa shape index (κ2) is 11.2. The average molecular weight is 418 g/mol. The number of benzene rings is 1. The highest BCUT2D eigenvalue weighted by Crippen LogP contribution is 2.26. The number of nitrogens with zero attached hydrogens (tertiary/aromatic N) is 3. The molecule has 1 aromatic rings. The summed E-state index contributed by atoms with van der Waals surface area (Å²) in [6.45, 7) is 10.3. The average Bonchev–Trinajstić information content (AvgIpc) is 2.73. The number of methoxy groups -OCH3 is 1. The molecule has 2 N–H and O–H groups in total. The zero-order valence-corrected chi connectivity index (χ0v) is 19.5. The Labute approximate surface area is 181 Å². The molecule has 0 saturated carbocycles. The van der Waals surface area contributed by atoms with Crippen molar-refractivity contribution in [1.82, 2.24) is 20.4 Å². The molecule has 7 nitrogen and oxygen atoms in total. The van der Waals surface area contributed by atoms with Crippen molar-refractivity contribution in [2.24, 2.45) is 4.99 Å². The van der Waals surface area contributed by atoms with E-state index >= 15 is 0 Å². The topological polar surface area (TPSA) is 69.2 Å². The Morgan fingerprint density at radius 1 is 1.30 bits per heavy atom. The van der Waals surface area contributed by atoms with Crippen LogP contribution in [0, 0.1) is 0 Å². The molecule has 2 rings (SSSR count). The van der Waals surface area contributed by atoms with Gasteiger partial charge in [-0.25, -0.2) is 0 Å². The van der Waals surface area contributed by atoms with Gasteiger partial charge in [0.2, 0.25) is 5.91 Å². The standard InChI is InChI=1S/C23H39N5O2/c1-7-24-22(25-17-23(2,3)18-9-8-10-20(15-18)30-6)26-19-11-13-28(14-12-19)16-21(29)27(4)5/h8-10,15,19H,7,11-14,16-17H2,1-6H3,(H2,24,25,26). The predicted molar refractivity (Wildman–Crippen MR) is 123 cm³/mol. The number of rotatable bonds is 8. The number of hydrogen-bond donors (Lipinski definition) is 2. The number of piperidine rings is 1. The molecule has 168 valence electrons. The quantitative estimate of drug-likeness (QED) is 0.501. The van der Waals surface area contributed by atoms with Crippen LogP contribution in [-0.2, 0) is 10.2 Å². The monoisotopic (exact) mass is 417 g/mol. The van der Waals surface area contributed by atoms with Crippen molar-refractivity contribution in [3.8, 4) is 5.75 Å². The molecule has 0 radical (unpaired) electrons. The SMILES string of the molecule is CCNC(=NCC(C)(C)c1cccc(OC)c1)NC1CCN(CC(=O)N(C)C)CC1. The summed E-state index contributed by atoms with van der Waals surface area (Å²) in [5, 5.41) is 6.97. The molecule has 1 aromatic carbocycles. The predicted octanol–water partition coefficient (Wildman–Crippen LogP) is 2.08. The third-order valence-corrected chi connectivity index (χ3v) is 5.61. The largest absolute Gasteiger partial charge is 0.497 e. The number of hydrogen-bond acceptors (Lipinski definition) is 4. The van der Waals surface area contributed by atoms with Crippen molar-refractivity contribution in [3.63, 3.8) is 0 Å². The minimum absolute atomic E-state index is 0.104. The number of amides is 1. The van der Waals surface area contributed by atoms with E-state index in [0.717, 1.165) is 44.2 Å². The van der Waals surface area contributed by atoms with Crippen LogP contribution in [0.1, 0.15) is 39.2 Å². The van der Waals surface area contributed by atoms with Gasteiger partial charge in [0, 0.05) is 45.2 Å². The lowest BCUT2D eigenvalue weighted by molar-refractivity contribution is -0.130. The summed E-state index contributed by atoms with van der Waals surface area (Å²) in [4.78, 5) is 20.7. The van der Waals surface area contributed by atoms with Crippen LogP contribution in [0.25, 0.3) is 0 Å². The first-order chi connectivity index (χ1) is 14.2. The normalized spacial score (nSPS) is 16.3. The lowest BCUT2D eigenvalue weighted by Crippen LogP contribution is -2.50. The molecule has 0 aliphatic carbocycles. The first kappa shape index (κ1) is 24.0. The zero-order chi connectivity index (χ0) is 22.1. The molecule has 1 aliphatic heterocycles. The van der Waals surface area contributed by atoms with Crippen LogP contribution in [0.2, 0.25) is 0 Å². The van der Waals surface area contributed by atoms with E-state index in [9.17, 15) is 4.79 Å². The Kier molecular flexibility index (Phi) is 8.96. The van der Waals surface area contributed by atoms with Crippen molar-refractivity contribution in [2.45, 2.75) is 45.1 Å². The minimum atomic E-state index is -0.104. The number of aliphatic imine (C=N–C) groups is 1. The molecular weight excluding hydrogens is 378 g/mol. The number of ether oxygens (including phenoxy) is 1. The minimum Gasteiger partial charge on any atom is -0.497 e. The highest BCUT2D eigenvalue weighted by molar-refractivity contribution is 5.80. The molecular formula is C23H39N5O2. The lowest BCUT2D eigenvalue weighted by Gasteiger charge is -2.33.